The average Bonchev–Trinajstić information content (AvgIpc) is 2.94. The monoisotopic (exact) mass is 293 g/mol. The number of nitrogens with one attached hydrogen (secondary N) is 3. The summed E-state index contributed by atoms with van der Waals surface area (Å²) in [6, 6.07) is 4.80. The molecule has 1 saturated carbocycles. The molecule has 0 aromatic heterocycles. The molecule has 1 fully saturated rings. The van der Waals surface area contributed by atoms with Gasteiger partial charge in [-0.1, -0.05) is 12.8 Å². The van der Waals surface area contributed by atoms with Gasteiger partial charge in [0.2, 0.25) is 5.91 Å². The minimum absolute atomic E-state index is 0.165. The highest BCUT2D eigenvalue weighted by Crippen LogP contribution is 2.17. The Morgan fingerprint density at radius 3 is 2.43 bits per heavy atom. The molecule has 2 rings (SSSR count). The minimum Gasteiger partial charge on any atom is -0.374 e. The molecule has 0 radical (unpaired) electrons. The Kier molecular flexibility index (Phi) is 5.14. The number of hydrogen-bond donors (Lipinski definition) is 3. The van der Waals surface area contributed by atoms with Gasteiger partial charge in [-0.15, -0.1) is 0 Å². The van der Waals surface area contributed by atoms with E-state index in [1.807, 2.05) is 0 Å². The highest BCUT2D eigenvalue weighted by Gasteiger charge is 2.20. The van der Waals surface area contributed by atoms with Crippen LogP contribution >= 0.6 is 0 Å². The fraction of sp³-hybridized carbons (Fsp3) is 0.467. The van der Waals surface area contributed by atoms with E-state index >= 15 is 0 Å². The number of imide groups is 1. The normalized spacial score (nSPS) is 16.3. The maximum Gasteiger partial charge on any atom is 0.321 e. The van der Waals surface area contributed by atoms with Crippen LogP contribution in [0.5, 0.6) is 0 Å². The molecule has 21 heavy (non-hydrogen) atoms. The molecule has 0 bridgehead atoms. The van der Waals surface area contributed by atoms with E-state index in [1.54, 1.807) is 6.92 Å². The third kappa shape index (κ3) is 4.73. The first-order valence-corrected chi connectivity index (χ1v) is 7.18. The van der Waals surface area contributed by atoms with E-state index < -0.39 is 18.0 Å². The first-order valence-electron chi connectivity index (χ1n) is 7.18. The van der Waals surface area contributed by atoms with E-state index in [2.05, 4.69) is 16.0 Å². The van der Waals surface area contributed by atoms with Crippen LogP contribution in [0.1, 0.15) is 32.6 Å². The number of benzene rings is 1. The van der Waals surface area contributed by atoms with Crippen molar-refractivity contribution in [3.05, 3.63) is 30.1 Å². The second-order valence-electron chi connectivity index (χ2n) is 5.32. The largest absolute Gasteiger partial charge is 0.374 e. The molecule has 0 saturated heterocycles. The summed E-state index contributed by atoms with van der Waals surface area (Å²) in [6.45, 7) is 1.64. The Bertz CT molecular complexity index is 498. The first-order chi connectivity index (χ1) is 10.0. The zero-order valence-corrected chi connectivity index (χ0v) is 12.0. The number of anilines is 1. The number of carbonyl (C=O) groups excluding carboxylic acids is 2. The summed E-state index contributed by atoms with van der Waals surface area (Å²) < 4.78 is 12.8. The molecular weight excluding hydrogens is 273 g/mol. The van der Waals surface area contributed by atoms with Crippen molar-refractivity contribution in [2.24, 2.45) is 0 Å². The zero-order valence-electron chi connectivity index (χ0n) is 12.0. The lowest BCUT2D eigenvalue weighted by Gasteiger charge is -2.16. The summed E-state index contributed by atoms with van der Waals surface area (Å²) in [6.07, 6.45) is 4.15. The van der Waals surface area contributed by atoms with Crippen LogP contribution in [0.4, 0.5) is 14.9 Å². The molecule has 6 heteroatoms. The van der Waals surface area contributed by atoms with Crippen LogP contribution in [-0.4, -0.2) is 24.0 Å². The van der Waals surface area contributed by atoms with E-state index in [0.29, 0.717) is 5.69 Å². The number of urea groups is 1. The van der Waals surface area contributed by atoms with Crippen molar-refractivity contribution >= 4 is 17.6 Å². The lowest BCUT2D eigenvalue weighted by atomic mass is 10.2. The lowest BCUT2D eigenvalue weighted by molar-refractivity contribution is -0.120. The summed E-state index contributed by atoms with van der Waals surface area (Å²) in [4.78, 5) is 23.6. The lowest BCUT2D eigenvalue weighted by Crippen LogP contribution is -2.48. The van der Waals surface area contributed by atoms with Gasteiger partial charge in [0.1, 0.15) is 11.9 Å². The van der Waals surface area contributed by atoms with Gasteiger partial charge in [0.15, 0.2) is 0 Å². The van der Waals surface area contributed by atoms with Gasteiger partial charge in [0, 0.05) is 11.7 Å². The average molecular weight is 293 g/mol. The van der Waals surface area contributed by atoms with Crippen LogP contribution in [0.25, 0.3) is 0 Å². The van der Waals surface area contributed by atoms with Crippen LogP contribution in [0.15, 0.2) is 24.3 Å². The molecule has 1 aliphatic rings. The topological polar surface area (TPSA) is 70.2 Å². The molecule has 3 amide bonds. The molecule has 114 valence electrons. The maximum absolute atomic E-state index is 12.8. The summed E-state index contributed by atoms with van der Waals surface area (Å²) in [5, 5.41) is 8.01. The van der Waals surface area contributed by atoms with Crippen LogP contribution < -0.4 is 16.0 Å². The zero-order chi connectivity index (χ0) is 15.2. The molecule has 1 aliphatic carbocycles. The minimum atomic E-state index is -0.593. The van der Waals surface area contributed by atoms with E-state index in [9.17, 15) is 14.0 Å². The Morgan fingerprint density at radius 2 is 1.81 bits per heavy atom. The smallest absolute Gasteiger partial charge is 0.321 e. The van der Waals surface area contributed by atoms with Gasteiger partial charge in [-0.05, 0) is 44.0 Å². The second-order valence-corrected chi connectivity index (χ2v) is 5.32. The van der Waals surface area contributed by atoms with E-state index in [0.717, 1.165) is 25.7 Å². The van der Waals surface area contributed by atoms with E-state index in [4.69, 9.17) is 0 Å². The number of rotatable bonds is 4. The third-order valence-electron chi connectivity index (χ3n) is 3.55. The van der Waals surface area contributed by atoms with Crippen molar-refractivity contribution < 1.29 is 14.0 Å². The molecule has 0 aliphatic heterocycles. The third-order valence-corrected chi connectivity index (χ3v) is 3.55. The molecule has 0 heterocycles. The van der Waals surface area contributed by atoms with Crippen LogP contribution in [-0.2, 0) is 4.79 Å². The van der Waals surface area contributed by atoms with Gasteiger partial charge in [0.05, 0.1) is 0 Å². The van der Waals surface area contributed by atoms with Gasteiger partial charge >= 0.3 is 6.03 Å². The number of hydrogen-bond acceptors (Lipinski definition) is 3. The van der Waals surface area contributed by atoms with E-state index in [-0.39, 0.29) is 11.9 Å². The Morgan fingerprint density at radius 1 is 1.19 bits per heavy atom. The molecule has 0 unspecified atom stereocenters. The molecule has 1 aromatic rings. The van der Waals surface area contributed by atoms with Gasteiger partial charge in [-0.3, -0.25) is 10.1 Å². The Hall–Kier alpha value is -2.11. The fourth-order valence-electron chi connectivity index (χ4n) is 2.37. The summed E-state index contributed by atoms with van der Waals surface area (Å²) in [7, 11) is 0. The van der Waals surface area contributed by atoms with Gasteiger partial charge < -0.3 is 10.6 Å². The van der Waals surface area contributed by atoms with Gasteiger partial charge in [-0.25, -0.2) is 9.18 Å². The summed E-state index contributed by atoms with van der Waals surface area (Å²) >= 11 is 0. The fourth-order valence-corrected chi connectivity index (χ4v) is 2.37. The van der Waals surface area contributed by atoms with Crippen molar-refractivity contribution in [2.45, 2.75) is 44.7 Å². The first kappa shape index (κ1) is 15.3. The predicted molar refractivity (Wildman–Crippen MR) is 78.4 cm³/mol. The van der Waals surface area contributed by atoms with E-state index in [1.165, 1.54) is 24.3 Å². The highest BCUT2D eigenvalue weighted by atomic mass is 19.1. The van der Waals surface area contributed by atoms with Crippen LogP contribution in [0.2, 0.25) is 0 Å². The Labute approximate surface area is 123 Å². The van der Waals surface area contributed by atoms with Crippen LogP contribution in [0.3, 0.4) is 0 Å². The molecule has 1 atom stereocenters. The molecule has 3 N–H and O–H groups in total. The standard InChI is InChI=1S/C15H20FN3O2/c1-10(17-13-8-6-11(16)7-9-13)14(20)19-15(21)18-12-4-2-3-5-12/h6-10,12,17H,2-5H2,1H3,(H2,18,19,20,21)/t10-/m1/s1. The number of halogens is 1. The highest BCUT2D eigenvalue weighted by molar-refractivity contribution is 5.98. The molecule has 5 nitrogen and oxygen atoms in total. The molecule has 0 spiro atoms. The summed E-state index contributed by atoms with van der Waals surface area (Å²) in [5.74, 6) is -0.761. The van der Waals surface area contributed by atoms with Crippen molar-refractivity contribution in [3.8, 4) is 0 Å². The predicted octanol–water partition coefficient (Wildman–Crippen LogP) is 2.39. The van der Waals surface area contributed by atoms with Gasteiger partial charge in [-0.2, -0.15) is 0 Å². The second kappa shape index (κ2) is 7.06. The maximum atomic E-state index is 12.8. The van der Waals surface area contributed by atoms with Crippen LogP contribution in [0, 0.1) is 5.82 Å². The quantitative estimate of drug-likeness (QED) is 0.798. The SMILES string of the molecule is C[C@@H](Nc1ccc(F)cc1)C(=O)NC(=O)NC1CCCC1. The Balaban J connectivity index is 1.78. The molecule has 1 aromatic carbocycles. The van der Waals surface area contributed by atoms with Crippen molar-refractivity contribution in [3.63, 3.8) is 0 Å². The van der Waals surface area contributed by atoms with Crippen molar-refractivity contribution in [2.75, 3.05) is 5.32 Å². The number of amides is 3. The number of carbonyl (C=O) groups is 2. The van der Waals surface area contributed by atoms with Crippen molar-refractivity contribution in [1.29, 1.82) is 0 Å². The molecular formula is C15H20FN3O2. The van der Waals surface area contributed by atoms with Gasteiger partial charge in [0.25, 0.3) is 0 Å². The van der Waals surface area contributed by atoms with Crippen molar-refractivity contribution in [1.82, 2.24) is 10.6 Å². The summed E-state index contributed by atoms with van der Waals surface area (Å²) in [5.41, 5.74) is 0.621.